The van der Waals surface area contributed by atoms with Crippen molar-refractivity contribution >= 4 is 35.2 Å². The van der Waals surface area contributed by atoms with Crippen molar-refractivity contribution in [2.75, 3.05) is 6.54 Å². The summed E-state index contributed by atoms with van der Waals surface area (Å²) in [4.78, 5) is 11.9. The highest BCUT2D eigenvalue weighted by molar-refractivity contribution is 6.34. The van der Waals surface area contributed by atoms with Crippen LogP contribution in [0.1, 0.15) is 33.3 Å². The zero-order valence-electron chi connectivity index (χ0n) is 13.0. The summed E-state index contributed by atoms with van der Waals surface area (Å²) < 4.78 is 0. The number of halogens is 2. The topological polar surface area (TPSA) is 29.1 Å². The van der Waals surface area contributed by atoms with Crippen LogP contribution in [0.5, 0.6) is 0 Å². The van der Waals surface area contributed by atoms with Gasteiger partial charge in [0.15, 0.2) is 0 Å². The monoisotopic (exact) mass is 327 g/mol. The molecule has 1 N–H and O–H groups in total. The summed E-state index contributed by atoms with van der Waals surface area (Å²) in [5.74, 6) is 1.43. The number of hydrogen-bond acceptors (Lipinski definition) is 1. The number of carbonyl (C=O) groups excluding carboxylic acids is 1. The molecule has 0 radical (unpaired) electrons. The number of rotatable bonds is 6. The average molecular weight is 328 g/mol. The molecule has 0 heterocycles. The first-order valence-corrected chi connectivity index (χ1v) is 7.97. The maximum absolute atomic E-state index is 11.9. The summed E-state index contributed by atoms with van der Waals surface area (Å²) in [5.41, 5.74) is 0.739. The molecule has 0 unspecified atom stereocenters. The van der Waals surface area contributed by atoms with Crippen molar-refractivity contribution in [2.45, 2.75) is 27.7 Å². The van der Waals surface area contributed by atoms with Gasteiger partial charge in [0.2, 0.25) is 5.91 Å². The molecule has 116 valence electrons. The fourth-order valence-electron chi connectivity index (χ4n) is 2.33. The van der Waals surface area contributed by atoms with Gasteiger partial charge >= 0.3 is 0 Å². The lowest BCUT2D eigenvalue weighted by Gasteiger charge is -2.24. The Labute approximate surface area is 137 Å². The number of nitrogens with one attached hydrogen (secondary N) is 1. The van der Waals surface area contributed by atoms with Crippen molar-refractivity contribution in [3.8, 4) is 0 Å². The molecule has 2 nitrogen and oxygen atoms in total. The summed E-state index contributed by atoms with van der Waals surface area (Å²) in [6.07, 6.45) is 3.18. The van der Waals surface area contributed by atoms with Crippen LogP contribution in [-0.4, -0.2) is 12.5 Å². The van der Waals surface area contributed by atoms with Gasteiger partial charge in [0.1, 0.15) is 0 Å². The highest BCUT2D eigenvalue weighted by atomic mass is 35.5. The van der Waals surface area contributed by atoms with E-state index in [1.165, 1.54) is 6.08 Å². The molecule has 0 spiro atoms. The first-order valence-electron chi connectivity index (χ1n) is 7.22. The molecule has 1 aromatic rings. The maximum atomic E-state index is 11.9. The molecule has 0 fully saturated rings. The van der Waals surface area contributed by atoms with Crippen molar-refractivity contribution in [3.05, 3.63) is 39.9 Å². The Morgan fingerprint density at radius 1 is 1.19 bits per heavy atom. The Morgan fingerprint density at radius 2 is 1.81 bits per heavy atom. The Bertz CT molecular complexity index is 502. The molecular weight excluding hydrogens is 305 g/mol. The van der Waals surface area contributed by atoms with Crippen LogP contribution in [0.3, 0.4) is 0 Å². The molecule has 0 bridgehead atoms. The molecule has 1 aromatic carbocycles. The lowest BCUT2D eigenvalue weighted by Crippen LogP contribution is -2.32. The second-order valence-electron chi connectivity index (χ2n) is 5.90. The van der Waals surface area contributed by atoms with E-state index in [2.05, 4.69) is 33.0 Å². The van der Waals surface area contributed by atoms with Gasteiger partial charge in [-0.2, -0.15) is 0 Å². The Balaban J connectivity index is 2.61. The molecule has 21 heavy (non-hydrogen) atoms. The van der Waals surface area contributed by atoms with Crippen molar-refractivity contribution in [3.63, 3.8) is 0 Å². The van der Waals surface area contributed by atoms with E-state index in [4.69, 9.17) is 23.2 Å². The first kappa shape index (κ1) is 18.1. The molecule has 1 amide bonds. The molecule has 0 aliphatic carbocycles. The highest BCUT2D eigenvalue weighted by Gasteiger charge is 2.17. The van der Waals surface area contributed by atoms with Crippen molar-refractivity contribution in [1.29, 1.82) is 0 Å². The number of hydrogen-bond donors (Lipinski definition) is 1. The van der Waals surface area contributed by atoms with E-state index in [1.54, 1.807) is 24.3 Å². The summed E-state index contributed by atoms with van der Waals surface area (Å²) in [6.45, 7) is 9.40. The van der Waals surface area contributed by atoms with Gasteiger partial charge in [-0.15, -0.1) is 0 Å². The SMILES string of the molecule is CC(C)C(CNC(=O)/C=C/c1cc(Cl)ccc1Cl)C(C)C. The van der Waals surface area contributed by atoms with Crippen LogP contribution in [-0.2, 0) is 4.79 Å². The summed E-state index contributed by atoms with van der Waals surface area (Å²) in [5, 5.41) is 4.12. The maximum Gasteiger partial charge on any atom is 0.244 e. The van der Waals surface area contributed by atoms with E-state index in [9.17, 15) is 4.79 Å². The molecule has 0 atom stereocenters. The van der Waals surface area contributed by atoms with E-state index in [1.807, 2.05) is 0 Å². The quantitative estimate of drug-likeness (QED) is 0.727. The van der Waals surface area contributed by atoms with Crippen LogP contribution in [0.2, 0.25) is 10.0 Å². The lowest BCUT2D eigenvalue weighted by atomic mass is 9.85. The molecule has 1 rings (SSSR count). The largest absolute Gasteiger partial charge is 0.352 e. The van der Waals surface area contributed by atoms with Gasteiger partial charge in [-0.25, -0.2) is 0 Å². The third-order valence-electron chi connectivity index (χ3n) is 3.60. The molecule has 0 saturated carbocycles. The van der Waals surface area contributed by atoms with Crippen LogP contribution in [0, 0.1) is 17.8 Å². The molecule has 4 heteroatoms. The van der Waals surface area contributed by atoms with Crippen LogP contribution in [0.25, 0.3) is 6.08 Å². The fraction of sp³-hybridized carbons (Fsp3) is 0.471. The highest BCUT2D eigenvalue weighted by Crippen LogP contribution is 2.22. The standard InChI is InChI=1S/C17H23Cl2NO/c1-11(2)15(12(3)4)10-20-17(21)8-5-13-9-14(18)6-7-16(13)19/h5-9,11-12,15H,10H2,1-4H3,(H,20,21)/b8-5+. The Hall–Kier alpha value is -0.990. The van der Waals surface area contributed by atoms with Gasteiger partial charge < -0.3 is 5.32 Å². The predicted octanol–water partition coefficient (Wildman–Crippen LogP) is 5.05. The van der Waals surface area contributed by atoms with Gasteiger partial charge in [-0.1, -0.05) is 50.9 Å². The zero-order valence-corrected chi connectivity index (χ0v) is 14.5. The fourth-order valence-corrected chi connectivity index (χ4v) is 2.69. The van der Waals surface area contributed by atoms with Crippen LogP contribution in [0.15, 0.2) is 24.3 Å². The first-order chi connectivity index (χ1) is 9.81. The second kappa shape index (κ2) is 8.45. The van der Waals surface area contributed by atoms with E-state index in [-0.39, 0.29) is 5.91 Å². The van der Waals surface area contributed by atoms with Crippen LogP contribution >= 0.6 is 23.2 Å². The minimum absolute atomic E-state index is 0.114. The van der Waals surface area contributed by atoms with Gasteiger partial charge in [-0.3, -0.25) is 4.79 Å². The Morgan fingerprint density at radius 3 is 2.38 bits per heavy atom. The minimum atomic E-state index is -0.114. The van der Waals surface area contributed by atoms with Gasteiger partial charge in [0, 0.05) is 22.7 Å². The minimum Gasteiger partial charge on any atom is -0.352 e. The molecule has 0 aliphatic heterocycles. The summed E-state index contributed by atoms with van der Waals surface area (Å²) in [6, 6.07) is 5.17. The van der Waals surface area contributed by atoms with Crippen molar-refractivity contribution in [2.24, 2.45) is 17.8 Å². The van der Waals surface area contributed by atoms with Crippen LogP contribution < -0.4 is 5.32 Å². The van der Waals surface area contributed by atoms with Crippen molar-refractivity contribution < 1.29 is 4.79 Å². The van der Waals surface area contributed by atoms with Crippen LogP contribution in [0.4, 0.5) is 0 Å². The van der Waals surface area contributed by atoms with E-state index in [0.717, 1.165) is 5.56 Å². The molecule has 0 aromatic heterocycles. The van der Waals surface area contributed by atoms with Gasteiger partial charge in [0.05, 0.1) is 0 Å². The number of benzene rings is 1. The summed E-state index contributed by atoms with van der Waals surface area (Å²) >= 11 is 12.0. The predicted molar refractivity (Wildman–Crippen MR) is 91.7 cm³/mol. The molecular formula is C17H23Cl2NO. The summed E-state index contributed by atoms with van der Waals surface area (Å²) in [7, 11) is 0. The van der Waals surface area contributed by atoms with E-state index in [0.29, 0.717) is 34.3 Å². The number of amides is 1. The molecule has 0 aliphatic rings. The third kappa shape index (κ3) is 6.11. The Kier molecular flexibility index (Phi) is 7.27. The lowest BCUT2D eigenvalue weighted by molar-refractivity contribution is -0.116. The van der Waals surface area contributed by atoms with E-state index >= 15 is 0 Å². The second-order valence-corrected chi connectivity index (χ2v) is 6.74. The van der Waals surface area contributed by atoms with Crippen molar-refractivity contribution in [1.82, 2.24) is 5.32 Å². The zero-order chi connectivity index (χ0) is 16.0. The van der Waals surface area contributed by atoms with E-state index < -0.39 is 0 Å². The normalized spacial score (nSPS) is 11.9. The van der Waals surface area contributed by atoms with Gasteiger partial charge in [0.25, 0.3) is 0 Å². The molecule has 0 saturated heterocycles. The van der Waals surface area contributed by atoms with Gasteiger partial charge in [-0.05, 0) is 47.6 Å². The smallest absolute Gasteiger partial charge is 0.244 e. The average Bonchev–Trinajstić information content (AvgIpc) is 2.39. The number of carbonyl (C=O) groups is 1. The third-order valence-corrected chi connectivity index (χ3v) is 4.18.